The van der Waals surface area contributed by atoms with Gasteiger partial charge in [0.15, 0.2) is 11.0 Å². The van der Waals surface area contributed by atoms with Crippen molar-refractivity contribution in [1.29, 1.82) is 0 Å². The molecule has 188 valence electrons. The van der Waals surface area contributed by atoms with Crippen molar-refractivity contribution in [1.82, 2.24) is 20.1 Å². The molecule has 6 heteroatoms. The molecule has 1 aromatic heterocycles. The van der Waals surface area contributed by atoms with E-state index in [0.29, 0.717) is 6.42 Å². The molecule has 3 rings (SSSR count). The summed E-state index contributed by atoms with van der Waals surface area (Å²) in [6.45, 7) is 8.44. The predicted molar refractivity (Wildman–Crippen MR) is 146 cm³/mol. The Bertz CT molecular complexity index is 1060. The first kappa shape index (κ1) is 27.0. The van der Waals surface area contributed by atoms with Gasteiger partial charge in [-0.3, -0.25) is 9.36 Å². The highest BCUT2D eigenvalue weighted by atomic mass is 32.2. The molecule has 0 aliphatic rings. The van der Waals surface area contributed by atoms with Gasteiger partial charge in [0.25, 0.3) is 0 Å². The lowest BCUT2D eigenvalue weighted by atomic mass is 10.1. The fraction of sp³-hybridized carbons (Fsp3) is 0.483. The molecule has 35 heavy (non-hydrogen) atoms. The van der Waals surface area contributed by atoms with Crippen molar-refractivity contribution < 1.29 is 4.79 Å². The first-order valence-electron chi connectivity index (χ1n) is 13.0. The van der Waals surface area contributed by atoms with Crippen LogP contribution in [0.1, 0.15) is 93.8 Å². The van der Waals surface area contributed by atoms with Crippen LogP contribution in [-0.4, -0.2) is 20.7 Å². The highest BCUT2D eigenvalue weighted by molar-refractivity contribution is 7.98. The maximum absolute atomic E-state index is 12.6. The molecule has 1 unspecified atom stereocenters. The van der Waals surface area contributed by atoms with E-state index in [1.165, 1.54) is 48.8 Å². The Morgan fingerprint density at radius 1 is 0.943 bits per heavy atom. The third-order valence-electron chi connectivity index (χ3n) is 6.34. The van der Waals surface area contributed by atoms with Crippen LogP contribution in [0.3, 0.4) is 0 Å². The van der Waals surface area contributed by atoms with Gasteiger partial charge in [-0.15, -0.1) is 10.2 Å². The van der Waals surface area contributed by atoms with Crippen LogP contribution in [0.4, 0.5) is 0 Å². The summed E-state index contributed by atoms with van der Waals surface area (Å²) in [7, 11) is 0. The number of aryl methyl sites for hydroxylation is 2. The molecule has 3 aromatic rings. The van der Waals surface area contributed by atoms with Gasteiger partial charge in [0, 0.05) is 17.9 Å². The van der Waals surface area contributed by atoms with E-state index < -0.39 is 0 Å². The number of nitrogens with zero attached hydrogens (tertiary/aromatic N) is 3. The van der Waals surface area contributed by atoms with E-state index in [2.05, 4.69) is 89.4 Å². The Morgan fingerprint density at radius 2 is 1.63 bits per heavy atom. The molecule has 0 saturated carbocycles. The van der Waals surface area contributed by atoms with Crippen LogP contribution in [0.5, 0.6) is 0 Å². The average molecular weight is 493 g/mol. The van der Waals surface area contributed by atoms with E-state index in [-0.39, 0.29) is 11.9 Å². The zero-order valence-electron chi connectivity index (χ0n) is 21.7. The van der Waals surface area contributed by atoms with E-state index >= 15 is 0 Å². The van der Waals surface area contributed by atoms with Crippen LogP contribution in [0.25, 0.3) is 5.69 Å². The van der Waals surface area contributed by atoms with Gasteiger partial charge in [-0.05, 0) is 50.5 Å². The van der Waals surface area contributed by atoms with Gasteiger partial charge in [0.05, 0.1) is 6.04 Å². The van der Waals surface area contributed by atoms with Crippen molar-refractivity contribution in [2.45, 2.75) is 96.0 Å². The molecule has 1 amide bonds. The molecule has 0 fully saturated rings. The summed E-state index contributed by atoms with van der Waals surface area (Å²) in [5.41, 5.74) is 4.77. The number of rotatable bonds is 14. The number of unbranched alkanes of at least 4 members (excludes halogenated alkanes) is 6. The van der Waals surface area contributed by atoms with Crippen LogP contribution in [0, 0.1) is 13.8 Å². The second-order valence-corrected chi connectivity index (χ2v) is 10.3. The van der Waals surface area contributed by atoms with E-state index in [1.807, 2.05) is 6.92 Å². The number of benzene rings is 2. The molecule has 0 aliphatic heterocycles. The molecule has 1 heterocycles. The maximum atomic E-state index is 12.6. The topological polar surface area (TPSA) is 59.8 Å². The lowest BCUT2D eigenvalue weighted by Gasteiger charge is -2.17. The highest BCUT2D eigenvalue weighted by Gasteiger charge is 2.21. The zero-order chi connectivity index (χ0) is 25.0. The summed E-state index contributed by atoms with van der Waals surface area (Å²) < 4.78 is 2.08. The first-order chi connectivity index (χ1) is 17.0. The highest BCUT2D eigenvalue weighted by Crippen LogP contribution is 2.28. The maximum Gasteiger partial charge on any atom is 0.220 e. The number of amides is 1. The second-order valence-electron chi connectivity index (χ2n) is 9.39. The van der Waals surface area contributed by atoms with Gasteiger partial charge in [0.1, 0.15) is 0 Å². The van der Waals surface area contributed by atoms with Crippen LogP contribution in [-0.2, 0) is 10.5 Å². The van der Waals surface area contributed by atoms with Gasteiger partial charge >= 0.3 is 0 Å². The van der Waals surface area contributed by atoms with E-state index in [0.717, 1.165) is 35.3 Å². The summed E-state index contributed by atoms with van der Waals surface area (Å²) in [4.78, 5) is 12.6. The molecule has 0 radical (unpaired) electrons. The number of hydrogen-bond acceptors (Lipinski definition) is 4. The SMILES string of the molecule is CCCCCCCCCC(=O)NC(C)c1nnc(SCc2ccccc2C)n1-c1ccc(C)cc1. The molecule has 0 spiro atoms. The number of hydrogen-bond donors (Lipinski definition) is 1. The zero-order valence-corrected chi connectivity index (χ0v) is 22.5. The number of nitrogens with one attached hydrogen (secondary N) is 1. The van der Waals surface area contributed by atoms with E-state index in [9.17, 15) is 4.79 Å². The van der Waals surface area contributed by atoms with Crippen LogP contribution < -0.4 is 5.32 Å². The number of carbonyl (C=O) groups is 1. The van der Waals surface area contributed by atoms with Gasteiger partial charge < -0.3 is 5.32 Å². The minimum Gasteiger partial charge on any atom is -0.346 e. The van der Waals surface area contributed by atoms with Crippen LogP contribution >= 0.6 is 11.8 Å². The second kappa shape index (κ2) is 14.1. The van der Waals surface area contributed by atoms with Crippen LogP contribution in [0.2, 0.25) is 0 Å². The number of carbonyl (C=O) groups excluding carboxylic acids is 1. The first-order valence-corrected chi connectivity index (χ1v) is 14.0. The normalized spacial score (nSPS) is 12.0. The smallest absolute Gasteiger partial charge is 0.220 e. The molecule has 2 aromatic carbocycles. The minimum absolute atomic E-state index is 0.0821. The largest absolute Gasteiger partial charge is 0.346 e. The van der Waals surface area contributed by atoms with Gasteiger partial charge in [0.2, 0.25) is 5.91 Å². The quantitative estimate of drug-likeness (QED) is 0.187. The molecule has 5 nitrogen and oxygen atoms in total. The minimum atomic E-state index is -0.228. The molecule has 1 N–H and O–H groups in total. The van der Waals surface area contributed by atoms with Crippen LogP contribution in [0.15, 0.2) is 53.7 Å². The van der Waals surface area contributed by atoms with Crippen molar-refractivity contribution in [3.63, 3.8) is 0 Å². The molecule has 0 bridgehead atoms. The third kappa shape index (κ3) is 8.24. The fourth-order valence-corrected chi connectivity index (χ4v) is 5.16. The monoisotopic (exact) mass is 492 g/mol. The van der Waals surface area contributed by atoms with Gasteiger partial charge in [-0.2, -0.15) is 0 Å². The Balaban J connectivity index is 1.67. The van der Waals surface area contributed by atoms with E-state index in [1.54, 1.807) is 11.8 Å². The molecular weight excluding hydrogens is 452 g/mol. The molecule has 0 aliphatic carbocycles. The summed E-state index contributed by atoms with van der Waals surface area (Å²) >= 11 is 1.67. The van der Waals surface area contributed by atoms with Crippen molar-refractivity contribution in [3.05, 3.63) is 71.0 Å². The lowest BCUT2D eigenvalue weighted by Crippen LogP contribution is -2.28. The molecular formula is C29H40N4OS. The Morgan fingerprint density at radius 3 is 2.34 bits per heavy atom. The Labute approximate surface area is 215 Å². The van der Waals surface area contributed by atoms with Gasteiger partial charge in [-0.25, -0.2) is 0 Å². The van der Waals surface area contributed by atoms with Crippen molar-refractivity contribution >= 4 is 17.7 Å². The van der Waals surface area contributed by atoms with Crippen molar-refractivity contribution in [3.8, 4) is 5.69 Å². The summed E-state index contributed by atoms with van der Waals surface area (Å²) in [6.07, 6.45) is 8.98. The Kier molecular flexibility index (Phi) is 10.9. The van der Waals surface area contributed by atoms with Crippen molar-refractivity contribution in [2.75, 3.05) is 0 Å². The Hall–Kier alpha value is -2.60. The van der Waals surface area contributed by atoms with Gasteiger partial charge in [-0.1, -0.05) is 99.2 Å². The predicted octanol–water partition coefficient (Wildman–Crippen LogP) is 7.49. The standard InChI is InChI=1S/C29H40N4OS/c1-5-6-7-8-9-10-11-16-27(34)30-24(4)28-31-32-29(33(28)26-19-17-22(2)18-20-26)35-21-25-15-13-12-14-23(25)3/h12-15,17-20,24H,5-11,16,21H2,1-4H3,(H,30,34). The summed E-state index contributed by atoms with van der Waals surface area (Å²) in [5, 5.41) is 13.0. The number of thioether (sulfide) groups is 1. The average Bonchev–Trinajstić information content (AvgIpc) is 3.27. The van der Waals surface area contributed by atoms with Crippen molar-refractivity contribution in [2.24, 2.45) is 0 Å². The number of aromatic nitrogens is 3. The molecule has 1 atom stereocenters. The third-order valence-corrected chi connectivity index (χ3v) is 7.32. The summed E-state index contributed by atoms with van der Waals surface area (Å²) in [6, 6.07) is 16.6. The molecule has 0 saturated heterocycles. The van der Waals surface area contributed by atoms with E-state index in [4.69, 9.17) is 0 Å². The summed E-state index contributed by atoms with van der Waals surface area (Å²) in [5.74, 6) is 1.66. The fourth-order valence-electron chi connectivity index (χ4n) is 4.13. The lowest BCUT2D eigenvalue weighted by molar-refractivity contribution is -0.121.